The van der Waals surface area contributed by atoms with Crippen LogP contribution in [0, 0.1) is 0 Å². The smallest absolute Gasteiger partial charge is 0.164 e. The van der Waals surface area contributed by atoms with Crippen LogP contribution in [0.1, 0.15) is 28.8 Å². The molecule has 0 fully saturated rings. The molecule has 0 spiro atoms. The van der Waals surface area contributed by atoms with Crippen LogP contribution in [0.15, 0.2) is 174 Å². The number of rotatable bonds is 5. The minimum atomic E-state index is -0.730. The van der Waals surface area contributed by atoms with E-state index < -0.39 is 113 Å². The predicted octanol–water partition coefficient (Wildman–Crippen LogP) is 11.5. The Hall–Kier alpha value is -6.85. The quantitative estimate of drug-likeness (QED) is 0.184. The number of aromatic nitrogens is 4. The molecule has 0 amide bonds. The van der Waals surface area contributed by atoms with Crippen LogP contribution in [0.5, 0.6) is 0 Å². The maximum absolute atomic E-state index is 9.05. The van der Waals surface area contributed by atoms with E-state index in [0.29, 0.717) is 5.39 Å². The Labute approximate surface area is 317 Å². The normalized spacial score (nSPS) is 17.5. The van der Waals surface area contributed by atoms with Crippen LogP contribution in [0.3, 0.4) is 0 Å². The minimum absolute atomic E-state index is 0.0188. The summed E-state index contributed by atoms with van der Waals surface area (Å²) in [5.41, 5.74) is -1.19. The van der Waals surface area contributed by atoms with Crippen molar-refractivity contribution in [3.8, 4) is 51.0 Å². The van der Waals surface area contributed by atoms with Gasteiger partial charge in [-0.15, -0.1) is 0 Å². The van der Waals surface area contributed by atoms with Crippen LogP contribution in [-0.4, -0.2) is 19.5 Å². The third-order valence-electron chi connectivity index (χ3n) is 8.05. The summed E-state index contributed by atoms with van der Waals surface area (Å²) < 4.78 is 188. The van der Waals surface area contributed by atoms with E-state index in [4.69, 9.17) is 33.2 Å². The Morgan fingerprint density at radius 3 is 1.58 bits per heavy atom. The lowest BCUT2D eigenvalue weighted by Crippen LogP contribution is -2.00. The van der Waals surface area contributed by atoms with Crippen molar-refractivity contribution in [1.29, 1.82) is 0 Å². The third-order valence-corrected chi connectivity index (χ3v) is 8.05. The van der Waals surface area contributed by atoms with Gasteiger partial charge in [0, 0.05) is 49.5 Å². The Balaban J connectivity index is 1.31. The van der Waals surface area contributed by atoms with Crippen LogP contribution in [0.2, 0.25) is 0 Å². The number of fused-ring (bicyclic) bond motifs is 6. The van der Waals surface area contributed by atoms with Crippen LogP contribution < -0.4 is 0 Å². The molecule has 0 bridgehead atoms. The number of hydrogen-bond acceptors (Lipinski definition) is 4. The van der Waals surface area contributed by atoms with E-state index in [1.807, 2.05) is 0 Å². The topological polar surface area (TPSA) is 56.7 Å². The molecule has 10 rings (SSSR count). The summed E-state index contributed by atoms with van der Waals surface area (Å²) in [5.74, 6) is -1.31. The van der Waals surface area contributed by atoms with Gasteiger partial charge in [-0.2, -0.15) is 0 Å². The first-order valence-corrected chi connectivity index (χ1v) is 15.0. The van der Waals surface area contributed by atoms with Crippen LogP contribution in [0.4, 0.5) is 0 Å². The highest BCUT2D eigenvalue weighted by molar-refractivity contribution is 6.13. The molecule has 7 aromatic carbocycles. The van der Waals surface area contributed by atoms with Crippen molar-refractivity contribution in [2.45, 2.75) is 0 Å². The molecule has 0 atom stereocenters. The number of hydrogen-bond donors (Lipinski definition) is 0. The summed E-state index contributed by atoms with van der Waals surface area (Å²) in [7, 11) is 0. The van der Waals surface area contributed by atoms with Gasteiger partial charge in [0.05, 0.1) is 39.8 Å². The van der Waals surface area contributed by atoms with Crippen molar-refractivity contribution in [2.75, 3.05) is 0 Å². The summed E-state index contributed by atoms with van der Waals surface area (Å²) >= 11 is 0. The largest absolute Gasteiger partial charge is 0.455 e. The van der Waals surface area contributed by atoms with E-state index in [-0.39, 0.29) is 103 Å². The first kappa shape index (κ1) is 14.3. The molecule has 0 saturated carbocycles. The fraction of sp³-hybridized carbons (Fsp3) is 0. The number of nitrogens with zero attached hydrogens (tertiary/aromatic N) is 4. The molecule has 0 radical (unpaired) electrons. The second-order valence-corrected chi connectivity index (χ2v) is 10.9. The molecule has 0 aliphatic carbocycles. The standard InChI is InChI=1S/C45H28N4O/c1-4-14-29(15-5-1)37-27-33(49-39-22-12-10-20-34(39)35-21-11-13-23-40(35)49)28-38-36-25-24-32(26-41(36)50-42(37)38)45-47-43(30-16-6-2-7-17-30)46-44(48-45)31-18-8-3-9-19-31/h1-28H/i1D,2D,3D,4D,5D,6D,7D,8D,9D,10D,11D,14D,15D,16D,17D,18D,19D,20D,21D,22D,23D. The Morgan fingerprint density at radius 1 is 0.460 bits per heavy atom. The number of benzene rings is 7. The van der Waals surface area contributed by atoms with Gasteiger partial charge in [0.15, 0.2) is 17.5 Å². The Kier molecular flexibility index (Phi) is 3.26. The van der Waals surface area contributed by atoms with Crippen LogP contribution in [0.25, 0.3) is 94.7 Å². The molecular weight excluding hydrogens is 613 g/mol. The van der Waals surface area contributed by atoms with E-state index in [1.54, 1.807) is 6.07 Å². The number of furan rings is 1. The monoisotopic (exact) mass is 661 g/mol. The lowest BCUT2D eigenvalue weighted by molar-refractivity contribution is 0.670. The van der Waals surface area contributed by atoms with Gasteiger partial charge in [0.1, 0.15) is 11.2 Å². The second kappa shape index (κ2) is 11.4. The lowest BCUT2D eigenvalue weighted by Gasteiger charge is -2.11. The molecular formula is C45H28N4O. The summed E-state index contributed by atoms with van der Waals surface area (Å²) in [6.07, 6.45) is 0. The SMILES string of the molecule is [2H]c1cc([2H])c2c(c1[2H])c1c([2H])c([2H])cc([2H])c1n2-c1cc(-c2c([2H])c([2H])c([2H])c([2H])c2[2H])c2oc3cc(-c4nc(-c5c([2H])c([2H])c([2H])c([2H])c5[2H])nc(-c5c([2H])c([2H])c([2H])c([2H])c5[2H])n4)ccc3c2c1. The van der Waals surface area contributed by atoms with Gasteiger partial charge >= 0.3 is 0 Å². The average molecular weight is 662 g/mol. The van der Waals surface area contributed by atoms with E-state index in [9.17, 15) is 0 Å². The van der Waals surface area contributed by atoms with E-state index in [1.165, 1.54) is 28.8 Å². The highest BCUT2D eigenvalue weighted by Gasteiger charge is 2.19. The highest BCUT2D eigenvalue weighted by Crippen LogP contribution is 2.41. The molecule has 3 aromatic heterocycles. The average Bonchev–Trinajstić information content (AvgIpc) is 3.91. The zero-order valence-corrected chi connectivity index (χ0v) is 25.2. The van der Waals surface area contributed by atoms with Gasteiger partial charge in [-0.25, -0.2) is 15.0 Å². The molecule has 0 N–H and O–H groups in total. The van der Waals surface area contributed by atoms with Gasteiger partial charge in [-0.05, 0) is 41.9 Å². The summed E-state index contributed by atoms with van der Waals surface area (Å²) in [6.45, 7) is 0. The molecule has 0 unspecified atom stereocenters. The maximum Gasteiger partial charge on any atom is 0.164 e. The van der Waals surface area contributed by atoms with Gasteiger partial charge in [0.2, 0.25) is 0 Å². The zero-order valence-electron chi connectivity index (χ0n) is 46.2. The lowest BCUT2D eigenvalue weighted by atomic mass is 10.0. The fourth-order valence-electron chi connectivity index (χ4n) is 5.93. The molecule has 3 heterocycles. The predicted molar refractivity (Wildman–Crippen MR) is 203 cm³/mol. The van der Waals surface area contributed by atoms with Gasteiger partial charge in [0.25, 0.3) is 0 Å². The Morgan fingerprint density at radius 2 is 1.00 bits per heavy atom. The molecule has 0 saturated heterocycles. The van der Waals surface area contributed by atoms with Gasteiger partial charge in [-0.1, -0.05) is 133 Å². The van der Waals surface area contributed by atoms with Crippen molar-refractivity contribution in [3.63, 3.8) is 0 Å². The molecule has 234 valence electrons. The van der Waals surface area contributed by atoms with Crippen LogP contribution in [-0.2, 0) is 0 Å². The van der Waals surface area contributed by atoms with Crippen molar-refractivity contribution in [1.82, 2.24) is 19.5 Å². The third kappa shape index (κ3) is 4.60. The van der Waals surface area contributed by atoms with E-state index >= 15 is 0 Å². The Bertz CT molecular complexity index is 3850. The maximum atomic E-state index is 9.05. The first-order chi connectivity index (χ1) is 33.5. The molecule has 0 aliphatic rings. The molecule has 5 nitrogen and oxygen atoms in total. The highest BCUT2D eigenvalue weighted by atomic mass is 16.3. The van der Waals surface area contributed by atoms with E-state index in [2.05, 4.69) is 15.0 Å². The molecule has 50 heavy (non-hydrogen) atoms. The van der Waals surface area contributed by atoms with Gasteiger partial charge in [-0.3, -0.25) is 0 Å². The summed E-state index contributed by atoms with van der Waals surface area (Å²) in [5, 5.41) is 0.437. The van der Waals surface area contributed by atoms with Crippen molar-refractivity contribution < 1.29 is 33.2 Å². The van der Waals surface area contributed by atoms with Crippen molar-refractivity contribution in [3.05, 3.63) is 169 Å². The van der Waals surface area contributed by atoms with Gasteiger partial charge < -0.3 is 8.98 Å². The molecule has 0 aliphatic heterocycles. The zero-order chi connectivity index (χ0) is 51.3. The van der Waals surface area contributed by atoms with Crippen molar-refractivity contribution >= 4 is 43.7 Å². The second-order valence-electron chi connectivity index (χ2n) is 10.9. The first-order valence-electron chi connectivity index (χ1n) is 25.5. The summed E-state index contributed by atoms with van der Waals surface area (Å²) in [4.78, 5) is 13.3. The summed E-state index contributed by atoms with van der Waals surface area (Å²) in [6, 6.07) is -2.86. The number of para-hydroxylation sites is 2. The minimum Gasteiger partial charge on any atom is -0.455 e. The molecule has 5 heteroatoms. The van der Waals surface area contributed by atoms with Crippen LogP contribution >= 0.6 is 0 Å². The van der Waals surface area contributed by atoms with E-state index in [0.717, 1.165) is 12.1 Å². The molecule has 10 aromatic rings. The fourth-order valence-corrected chi connectivity index (χ4v) is 5.93. The van der Waals surface area contributed by atoms with Crippen molar-refractivity contribution in [2.24, 2.45) is 0 Å².